The molecule has 0 heterocycles. The van der Waals surface area contributed by atoms with E-state index >= 15 is 0 Å². The summed E-state index contributed by atoms with van der Waals surface area (Å²) >= 11 is 12.1. The number of methoxy groups -OCH3 is 2. The van der Waals surface area contributed by atoms with Gasteiger partial charge in [0.15, 0.2) is 0 Å². The zero-order valence-electron chi connectivity index (χ0n) is 14.6. The summed E-state index contributed by atoms with van der Waals surface area (Å²) in [6, 6.07) is 4.92. The normalized spacial score (nSPS) is 11.3. The Hall–Kier alpha value is -1.54. The summed E-state index contributed by atoms with van der Waals surface area (Å²) in [5.41, 5.74) is 3.25. The molecule has 9 heteroatoms. The maximum absolute atomic E-state index is 12.3. The molecular formula is C16H23Cl2N3O4. The van der Waals surface area contributed by atoms with E-state index in [1.165, 1.54) is 0 Å². The summed E-state index contributed by atoms with van der Waals surface area (Å²) in [5.74, 6) is -0.452. The summed E-state index contributed by atoms with van der Waals surface area (Å²) in [7, 11) is 3.17. The summed E-state index contributed by atoms with van der Waals surface area (Å²) in [6.45, 7) is 3.69. The number of carbonyl (C=O) groups is 1. The number of amidine groups is 1. The zero-order chi connectivity index (χ0) is 18.7. The highest BCUT2D eigenvalue weighted by Crippen LogP contribution is 2.25. The van der Waals surface area contributed by atoms with Crippen LogP contribution >= 0.6 is 23.2 Å². The Morgan fingerprint density at radius 2 is 1.84 bits per heavy atom. The topological polar surface area (TPSA) is 72.4 Å². The molecule has 0 unspecified atom stereocenters. The lowest BCUT2D eigenvalue weighted by Crippen LogP contribution is -2.42. The van der Waals surface area contributed by atoms with E-state index in [1.54, 1.807) is 44.2 Å². The third kappa shape index (κ3) is 7.48. The van der Waals surface area contributed by atoms with Gasteiger partial charge in [0.25, 0.3) is 0 Å². The van der Waals surface area contributed by atoms with Crippen LogP contribution in [0.4, 0.5) is 5.69 Å². The van der Waals surface area contributed by atoms with Crippen molar-refractivity contribution in [1.29, 1.82) is 0 Å². The van der Waals surface area contributed by atoms with Gasteiger partial charge in [-0.3, -0.25) is 5.43 Å². The molecule has 0 saturated heterocycles. The molecule has 25 heavy (non-hydrogen) atoms. The number of hydrogen-bond donors (Lipinski definition) is 1. The third-order valence-electron chi connectivity index (χ3n) is 3.10. The van der Waals surface area contributed by atoms with Gasteiger partial charge in [-0.05, 0) is 25.1 Å². The second kappa shape index (κ2) is 11.9. The Morgan fingerprint density at radius 1 is 1.20 bits per heavy atom. The van der Waals surface area contributed by atoms with Crippen molar-refractivity contribution in [2.75, 3.05) is 52.6 Å². The molecule has 1 rings (SSSR count). The lowest BCUT2D eigenvalue weighted by Gasteiger charge is -2.24. The van der Waals surface area contributed by atoms with Gasteiger partial charge in [-0.2, -0.15) is 0 Å². The molecule has 0 atom stereocenters. The number of hydrogen-bond acceptors (Lipinski definition) is 6. The van der Waals surface area contributed by atoms with Crippen LogP contribution in [0.25, 0.3) is 0 Å². The molecule has 0 amide bonds. The molecule has 1 aromatic rings. The first kappa shape index (κ1) is 21.5. The molecule has 1 N–H and O–H groups in total. The van der Waals surface area contributed by atoms with Gasteiger partial charge in [0.1, 0.15) is 0 Å². The summed E-state index contributed by atoms with van der Waals surface area (Å²) in [5, 5.41) is 5.11. The number of nitrogens with one attached hydrogen (secondary N) is 1. The molecule has 140 valence electrons. The molecule has 7 nitrogen and oxygen atoms in total. The Morgan fingerprint density at radius 3 is 2.40 bits per heavy atom. The van der Waals surface area contributed by atoms with Crippen molar-refractivity contribution in [3.63, 3.8) is 0 Å². The molecule has 0 spiro atoms. The van der Waals surface area contributed by atoms with Gasteiger partial charge in [-0.15, -0.1) is 5.10 Å². The van der Waals surface area contributed by atoms with E-state index in [2.05, 4.69) is 10.5 Å². The van der Waals surface area contributed by atoms with Crippen molar-refractivity contribution in [2.24, 2.45) is 5.10 Å². The predicted octanol–water partition coefficient (Wildman–Crippen LogP) is 2.88. The Kier molecular flexibility index (Phi) is 10.3. The SMILES string of the molecule is CCOC(=O)/C(=N\Nc1cc(Cl)ccc1Cl)N(CCOC)CCOC. The fraction of sp³-hybridized carbons (Fsp3) is 0.500. The van der Waals surface area contributed by atoms with E-state index in [1.807, 2.05) is 0 Å². The molecule has 0 aliphatic carbocycles. The van der Waals surface area contributed by atoms with Gasteiger partial charge in [0.05, 0.1) is 30.5 Å². The first-order chi connectivity index (χ1) is 12.0. The molecule has 0 radical (unpaired) electrons. The highest BCUT2D eigenvalue weighted by Gasteiger charge is 2.21. The number of halogens is 2. The Balaban J connectivity index is 3.06. The van der Waals surface area contributed by atoms with Gasteiger partial charge in [-0.25, -0.2) is 4.79 Å². The minimum absolute atomic E-state index is 0.104. The quantitative estimate of drug-likeness (QED) is 0.302. The van der Waals surface area contributed by atoms with Crippen LogP contribution < -0.4 is 5.43 Å². The second-order valence-corrected chi connectivity index (χ2v) is 5.71. The molecule has 0 aliphatic heterocycles. The number of carbonyl (C=O) groups excluding carboxylic acids is 1. The summed E-state index contributed by atoms with van der Waals surface area (Å²) in [4.78, 5) is 14.0. The fourth-order valence-electron chi connectivity index (χ4n) is 1.86. The summed E-state index contributed by atoms with van der Waals surface area (Å²) < 4.78 is 15.3. The van der Waals surface area contributed by atoms with Gasteiger partial charge >= 0.3 is 5.97 Å². The molecule has 0 aromatic heterocycles. The maximum atomic E-state index is 12.3. The van der Waals surface area contributed by atoms with Crippen LogP contribution in [0.1, 0.15) is 6.92 Å². The lowest BCUT2D eigenvalue weighted by atomic mass is 10.3. The van der Waals surface area contributed by atoms with E-state index in [0.29, 0.717) is 42.0 Å². The van der Waals surface area contributed by atoms with E-state index < -0.39 is 5.97 Å². The molecule has 1 aromatic carbocycles. The third-order valence-corrected chi connectivity index (χ3v) is 3.66. The maximum Gasteiger partial charge on any atom is 0.375 e. The number of rotatable bonds is 9. The fourth-order valence-corrected chi connectivity index (χ4v) is 2.20. The van der Waals surface area contributed by atoms with Crippen molar-refractivity contribution in [3.8, 4) is 0 Å². The van der Waals surface area contributed by atoms with Crippen LogP contribution in [-0.2, 0) is 19.0 Å². The van der Waals surface area contributed by atoms with Crippen molar-refractivity contribution >= 4 is 40.7 Å². The van der Waals surface area contributed by atoms with Crippen LogP contribution in [0.3, 0.4) is 0 Å². The highest BCUT2D eigenvalue weighted by molar-refractivity contribution is 6.36. The van der Waals surface area contributed by atoms with Crippen LogP contribution in [0.15, 0.2) is 23.3 Å². The molecule has 0 fully saturated rings. The lowest BCUT2D eigenvalue weighted by molar-refractivity contribution is -0.136. The predicted molar refractivity (Wildman–Crippen MR) is 99.5 cm³/mol. The van der Waals surface area contributed by atoms with Crippen LogP contribution in [-0.4, -0.2) is 63.8 Å². The minimum atomic E-state index is -0.555. The van der Waals surface area contributed by atoms with Crippen LogP contribution in [0.2, 0.25) is 10.0 Å². The van der Waals surface area contributed by atoms with Crippen molar-refractivity contribution in [1.82, 2.24) is 4.90 Å². The van der Waals surface area contributed by atoms with Gasteiger partial charge in [0.2, 0.25) is 5.84 Å². The standard InChI is InChI=1S/C16H23Cl2N3O4/c1-4-25-16(22)15(21(7-9-23-2)8-10-24-3)20-19-14-11-12(17)5-6-13(14)18/h5-6,11,19H,4,7-10H2,1-3H3/b20-15+. The molecule has 0 aliphatic rings. The Bertz CT molecular complexity index is 576. The summed E-state index contributed by atoms with van der Waals surface area (Å²) in [6.07, 6.45) is 0. The van der Waals surface area contributed by atoms with Gasteiger partial charge in [-0.1, -0.05) is 23.2 Å². The van der Waals surface area contributed by atoms with Crippen molar-refractivity contribution < 1.29 is 19.0 Å². The minimum Gasteiger partial charge on any atom is -0.460 e. The first-order valence-corrected chi connectivity index (χ1v) is 8.47. The van der Waals surface area contributed by atoms with E-state index in [0.717, 1.165) is 0 Å². The second-order valence-electron chi connectivity index (χ2n) is 4.86. The monoisotopic (exact) mass is 391 g/mol. The Labute approximate surface area is 157 Å². The molecule has 0 bridgehead atoms. The number of nitrogens with zero attached hydrogens (tertiary/aromatic N) is 2. The van der Waals surface area contributed by atoms with E-state index in [-0.39, 0.29) is 12.4 Å². The first-order valence-electron chi connectivity index (χ1n) is 7.72. The highest BCUT2D eigenvalue weighted by atomic mass is 35.5. The number of esters is 1. The average molecular weight is 392 g/mol. The van der Waals surface area contributed by atoms with Crippen LogP contribution in [0, 0.1) is 0 Å². The largest absolute Gasteiger partial charge is 0.460 e. The molecule has 0 saturated carbocycles. The van der Waals surface area contributed by atoms with E-state index in [9.17, 15) is 4.79 Å². The van der Waals surface area contributed by atoms with Gasteiger partial charge < -0.3 is 19.1 Å². The van der Waals surface area contributed by atoms with Crippen LogP contribution in [0.5, 0.6) is 0 Å². The van der Waals surface area contributed by atoms with E-state index in [4.69, 9.17) is 37.4 Å². The van der Waals surface area contributed by atoms with Gasteiger partial charge in [0, 0.05) is 32.3 Å². The average Bonchev–Trinajstić information content (AvgIpc) is 2.59. The number of ether oxygens (including phenoxy) is 3. The number of hydrazone groups is 1. The number of benzene rings is 1. The van der Waals surface area contributed by atoms with Crippen molar-refractivity contribution in [2.45, 2.75) is 6.92 Å². The smallest absolute Gasteiger partial charge is 0.375 e. The number of anilines is 1. The zero-order valence-corrected chi connectivity index (χ0v) is 16.1. The van der Waals surface area contributed by atoms with Crippen molar-refractivity contribution in [3.05, 3.63) is 28.2 Å². The molecular weight excluding hydrogens is 369 g/mol.